The van der Waals surface area contributed by atoms with Gasteiger partial charge in [-0.15, -0.1) is 0 Å². The Labute approximate surface area is 118 Å². The molecule has 0 aromatic rings. The van der Waals surface area contributed by atoms with E-state index < -0.39 is 40.3 Å². The molecule has 0 aromatic carbocycles. The van der Waals surface area contributed by atoms with Crippen molar-refractivity contribution in [2.75, 3.05) is 40.5 Å². The number of hydrogen-bond acceptors (Lipinski definition) is 7. The first-order valence-electron chi connectivity index (χ1n) is 6.12. The summed E-state index contributed by atoms with van der Waals surface area (Å²) < 4.78 is 39.7. The number of sulfonamides is 1. The summed E-state index contributed by atoms with van der Waals surface area (Å²) in [5, 5.41) is -0.662. The van der Waals surface area contributed by atoms with Gasteiger partial charge in [-0.05, 0) is 12.8 Å². The van der Waals surface area contributed by atoms with Gasteiger partial charge >= 0.3 is 11.9 Å². The average Bonchev–Trinajstić information content (AvgIpc) is 2.46. The van der Waals surface area contributed by atoms with Crippen LogP contribution >= 0.6 is 0 Å². The quantitative estimate of drug-likeness (QED) is 0.589. The number of methoxy groups -OCH3 is 2. The van der Waals surface area contributed by atoms with Crippen LogP contribution < -0.4 is 0 Å². The Hall–Kier alpha value is -1.19. The highest BCUT2D eigenvalue weighted by molar-refractivity contribution is 7.89. The van der Waals surface area contributed by atoms with Crippen LogP contribution in [-0.4, -0.2) is 70.4 Å². The predicted molar refractivity (Wildman–Crippen MR) is 68.4 cm³/mol. The van der Waals surface area contributed by atoms with Gasteiger partial charge in [0.2, 0.25) is 10.0 Å². The molecule has 0 aromatic heterocycles. The second-order valence-corrected chi connectivity index (χ2v) is 6.49. The Morgan fingerprint density at radius 3 is 1.95 bits per heavy atom. The summed E-state index contributed by atoms with van der Waals surface area (Å²) in [6.45, 7) is -0.334. The first-order valence-corrected chi connectivity index (χ1v) is 7.62. The van der Waals surface area contributed by atoms with Crippen molar-refractivity contribution in [1.29, 1.82) is 0 Å². The SMILES string of the molecule is COC(=O)CN(CC(=O)OC)S(=O)(=O)C1CCOCC1. The molecule has 1 aliphatic rings. The first kappa shape index (κ1) is 16.9. The van der Waals surface area contributed by atoms with E-state index in [0.29, 0.717) is 26.1 Å². The number of ether oxygens (including phenoxy) is 3. The zero-order valence-electron chi connectivity index (χ0n) is 11.5. The second-order valence-electron chi connectivity index (χ2n) is 4.28. The van der Waals surface area contributed by atoms with Gasteiger partial charge in [0.1, 0.15) is 13.1 Å². The maximum absolute atomic E-state index is 12.4. The smallest absolute Gasteiger partial charge is 0.321 e. The van der Waals surface area contributed by atoms with Crippen LogP contribution in [0, 0.1) is 0 Å². The molecule has 9 heteroatoms. The standard InChI is InChI=1S/C11H19NO7S/c1-17-10(13)7-12(8-11(14)18-2)20(15,16)9-3-5-19-6-4-9/h9H,3-8H2,1-2H3. The van der Waals surface area contributed by atoms with Crippen molar-refractivity contribution in [1.82, 2.24) is 4.31 Å². The molecule has 0 bridgehead atoms. The van der Waals surface area contributed by atoms with Crippen molar-refractivity contribution in [2.45, 2.75) is 18.1 Å². The maximum atomic E-state index is 12.4. The molecule has 8 nitrogen and oxygen atoms in total. The lowest BCUT2D eigenvalue weighted by Crippen LogP contribution is -2.46. The number of rotatable bonds is 6. The molecule has 0 unspecified atom stereocenters. The third-order valence-electron chi connectivity index (χ3n) is 3.02. The van der Waals surface area contributed by atoms with Gasteiger partial charge in [-0.1, -0.05) is 0 Å². The van der Waals surface area contributed by atoms with E-state index in [2.05, 4.69) is 9.47 Å². The Morgan fingerprint density at radius 1 is 1.10 bits per heavy atom. The molecule has 0 saturated carbocycles. The molecule has 1 rings (SSSR count). The van der Waals surface area contributed by atoms with Gasteiger partial charge in [0.05, 0.1) is 19.5 Å². The van der Waals surface area contributed by atoms with Gasteiger partial charge in [0.15, 0.2) is 0 Å². The van der Waals surface area contributed by atoms with Crippen molar-refractivity contribution >= 4 is 22.0 Å². The summed E-state index contributed by atoms with van der Waals surface area (Å²) in [4.78, 5) is 22.6. The fourth-order valence-electron chi connectivity index (χ4n) is 1.84. The molecule has 1 heterocycles. The van der Waals surface area contributed by atoms with Crippen molar-refractivity contribution in [3.63, 3.8) is 0 Å². The zero-order valence-corrected chi connectivity index (χ0v) is 12.3. The Bertz CT molecular complexity index is 424. The van der Waals surface area contributed by atoms with Gasteiger partial charge in [-0.3, -0.25) is 9.59 Å². The van der Waals surface area contributed by atoms with Crippen molar-refractivity contribution in [3.05, 3.63) is 0 Å². The number of nitrogens with zero attached hydrogens (tertiary/aromatic N) is 1. The minimum absolute atomic E-state index is 0.335. The fourth-order valence-corrected chi connectivity index (χ4v) is 3.62. The van der Waals surface area contributed by atoms with E-state index in [0.717, 1.165) is 18.5 Å². The van der Waals surface area contributed by atoms with Gasteiger partial charge in [-0.2, -0.15) is 4.31 Å². The van der Waals surface area contributed by atoms with Gasteiger partial charge in [0.25, 0.3) is 0 Å². The largest absolute Gasteiger partial charge is 0.468 e. The van der Waals surface area contributed by atoms with E-state index in [1.807, 2.05) is 0 Å². The minimum Gasteiger partial charge on any atom is -0.468 e. The van der Waals surface area contributed by atoms with E-state index in [-0.39, 0.29) is 0 Å². The summed E-state index contributed by atoms with van der Waals surface area (Å²) in [6.07, 6.45) is 0.669. The molecule has 0 atom stereocenters. The lowest BCUT2D eigenvalue weighted by molar-refractivity contribution is -0.143. The highest BCUT2D eigenvalue weighted by Gasteiger charge is 2.35. The highest BCUT2D eigenvalue weighted by atomic mass is 32.2. The van der Waals surface area contributed by atoms with E-state index >= 15 is 0 Å². The van der Waals surface area contributed by atoms with Gasteiger partial charge in [0, 0.05) is 13.2 Å². The summed E-state index contributed by atoms with van der Waals surface area (Å²) in [6, 6.07) is 0. The van der Waals surface area contributed by atoms with Crippen LogP contribution in [0.4, 0.5) is 0 Å². The average molecular weight is 309 g/mol. The van der Waals surface area contributed by atoms with Crippen LogP contribution in [0.2, 0.25) is 0 Å². The molecular formula is C11H19NO7S. The molecule has 0 radical (unpaired) electrons. The zero-order chi connectivity index (χ0) is 15.2. The number of carbonyl (C=O) groups excluding carboxylic acids is 2. The van der Waals surface area contributed by atoms with Gasteiger partial charge in [-0.25, -0.2) is 8.42 Å². The van der Waals surface area contributed by atoms with Crippen LogP contribution in [0.15, 0.2) is 0 Å². The topological polar surface area (TPSA) is 99.2 Å². The Morgan fingerprint density at radius 2 is 1.55 bits per heavy atom. The summed E-state index contributed by atoms with van der Waals surface area (Å²) >= 11 is 0. The molecule has 0 amide bonds. The lowest BCUT2D eigenvalue weighted by atomic mass is 10.2. The monoisotopic (exact) mass is 309 g/mol. The van der Waals surface area contributed by atoms with Crippen molar-refractivity contribution in [3.8, 4) is 0 Å². The maximum Gasteiger partial charge on any atom is 0.321 e. The number of esters is 2. The Kier molecular flexibility index (Phi) is 6.37. The molecule has 1 aliphatic heterocycles. The molecule has 1 saturated heterocycles. The molecule has 20 heavy (non-hydrogen) atoms. The van der Waals surface area contributed by atoms with Crippen molar-refractivity contribution in [2.24, 2.45) is 0 Å². The molecule has 116 valence electrons. The van der Waals surface area contributed by atoms with Crippen LogP contribution in [0.5, 0.6) is 0 Å². The van der Waals surface area contributed by atoms with Crippen molar-refractivity contribution < 1.29 is 32.2 Å². The molecular weight excluding hydrogens is 290 g/mol. The molecule has 0 aliphatic carbocycles. The number of hydrogen-bond donors (Lipinski definition) is 0. The van der Waals surface area contributed by atoms with E-state index in [1.165, 1.54) is 0 Å². The fraction of sp³-hybridized carbons (Fsp3) is 0.818. The van der Waals surface area contributed by atoms with Gasteiger partial charge < -0.3 is 14.2 Å². The highest BCUT2D eigenvalue weighted by Crippen LogP contribution is 2.19. The number of carbonyl (C=O) groups is 2. The molecule has 0 N–H and O–H groups in total. The summed E-state index contributed by atoms with van der Waals surface area (Å²) in [5.74, 6) is -1.46. The third kappa shape index (κ3) is 4.43. The molecule has 0 spiro atoms. The van der Waals surface area contributed by atoms with E-state index in [4.69, 9.17) is 4.74 Å². The summed E-state index contributed by atoms with van der Waals surface area (Å²) in [7, 11) is -1.48. The van der Waals surface area contributed by atoms with Crippen LogP contribution in [0.25, 0.3) is 0 Å². The lowest BCUT2D eigenvalue weighted by Gasteiger charge is -2.28. The van der Waals surface area contributed by atoms with Crippen LogP contribution in [0.3, 0.4) is 0 Å². The van der Waals surface area contributed by atoms with E-state index in [9.17, 15) is 18.0 Å². The first-order chi connectivity index (χ1) is 9.41. The van der Waals surface area contributed by atoms with Crippen LogP contribution in [-0.2, 0) is 33.8 Å². The normalized spacial score (nSPS) is 16.9. The van der Waals surface area contributed by atoms with E-state index in [1.54, 1.807) is 0 Å². The Balaban J connectivity index is 2.88. The van der Waals surface area contributed by atoms with Crippen LogP contribution in [0.1, 0.15) is 12.8 Å². The predicted octanol–water partition coefficient (Wildman–Crippen LogP) is -0.857. The molecule has 1 fully saturated rings. The second kappa shape index (κ2) is 7.55. The summed E-state index contributed by atoms with van der Waals surface area (Å²) in [5.41, 5.74) is 0. The third-order valence-corrected chi connectivity index (χ3v) is 5.31. The minimum atomic E-state index is -3.78.